The van der Waals surface area contributed by atoms with Gasteiger partial charge in [-0.1, -0.05) is 24.3 Å². The maximum Gasteiger partial charge on any atom is 0.280 e. The molecule has 1 unspecified atom stereocenters. The Morgan fingerprint density at radius 1 is 1.38 bits per heavy atom. The SMILES string of the molecule is Nc1nc2c(ncn2Cc2cccc(COCCP(=O)([O-])O)c2)c(=O)[nH]1. The summed E-state index contributed by atoms with van der Waals surface area (Å²) in [5.41, 5.74) is 7.56. The van der Waals surface area contributed by atoms with Gasteiger partial charge in [-0.2, -0.15) is 4.98 Å². The van der Waals surface area contributed by atoms with Crippen molar-refractivity contribution in [1.29, 1.82) is 0 Å². The Balaban J connectivity index is 1.71. The molecule has 0 saturated carbocycles. The van der Waals surface area contributed by atoms with Crippen LogP contribution in [0, 0.1) is 0 Å². The molecule has 0 aliphatic carbocycles. The maximum absolute atomic E-state index is 11.8. The smallest absolute Gasteiger partial charge is 0.280 e. The van der Waals surface area contributed by atoms with Crippen LogP contribution in [0.1, 0.15) is 11.1 Å². The molecule has 0 bridgehead atoms. The number of nitrogen functional groups attached to an aromatic ring is 1. The van der Waals surface area contributed by atoms with Crippen LogP contribution in [0.4, 0.5) is 5.95 Å². The number of benzene rings is 1. The molecule has 1 aromatic carbocycles. The van der Waals surface area contributed by atoms with Crippen LogP contribution in [-0.2, 0) is 22.5 Å². The third-order valence-electron chi connectivity index (χ3n) is 3.62. The summed E-state index contributed by atoms with van der Waals surface area (Å²) >= 11 is 0. The lowest BCUT2D eigenvalue weighted by atomic mass is 10.1. The molecule has 0 amide bonds. The van der Waals surface area contributed by atoms with Crippen LogP contribution >= 0.6 is 7.60 Å². The molecule has 0 aliphatic heterocycles. The zero-order chi connectivity index (χ0) is 18.7. The third kappa shape index (κ3) is 4.55. The van der Waals surface area contributed by atoms with E-state index in [0.29, 0.717) is 12.2 Å². The Bertz CT molecular complexity index is 1020. The van der Waals surface area contributed by atoms with Crippen LogP contribution in [0.15, 0.2) is 35.4 Å². The van der Waals surface area contributed by atoms with Gasteiger partial charge in [0.25, 0.3) is 5.56 Å². The van der Waals surface area contributed by atoms with E-state index in [9.17, 15) is 14.3 Å². The van der Waals surface area contributed by atoms with Gasteiger partial charge in [0, 0.05) is 6.16 Å². The summed E-state index contributed by atoms with van der Waals surface area (Å²) in [7, 11) is -4.30. The van der Waals surface area contributed by atoms with Crippen LogP contribution in [-0.4, -0.2) is 37.2 Å². The van der Waals surface area contributed by atoms with Crippen LogP contribution in [0.3, 0.4) is 0 Å². The standard InChI is InChI=1S/C15H18N5O5P/c16-15-18-13-12(14(21)19-15)17-9-20(13)7-10-2-1-3-11(6-10)8-25-4-5-26(22,23)24/h1-3,6,9H,4-5,7-8H2,(H2,22,23,24)(H3,16,18,19,21)/p-1. The van der Waals surface area contributed by atoms with E-state index < -0.39 is 19.3 Å². The highest BCUT2D eigenvalue weighted by Crippen LogP contribution is 2.27. The molecule has 0 fully saturated rings. The molecule has 2 aromatic heterocycles. The van der Waals surface area contributed by atoms with Gasteiger partial charge in [-0.15, -0.1) is 0 Å². The lowest BCUT2D eigenvalue weighted by Gasteiger charge is -2.15. The number of aromatic amines is 1. The number of hydrogen-bond donors (Lipinski definition) is 3. The monoisotopic (exact) mass is 378 g/mol. The summed E-state index contributed by atoms with van der Waals surface area (Å²) in [4.78, 5) is 41.8. The van der Waals surface area contributed by atoms with E-state index in [-0.39, 0.29) is 24.7 Å². The molecule has 3 rings (SSSR count). The van der Waals surface area contributed by atoms with E-state index in [0.717, 1.165) is 11.1 Å². The fourth-order valence-electron chi connectivity index (χ4n) is 2.47. The molecule has 3 aromatic rings. The second kappa shape index (κ2) is 7.38. The molecule has 0 spiro atoms. The van der Waals surface area contributed by atoms with Crippen molar-refractivity contribution in [2.75, 3.05) is 18.5 Å². The van der Waals surface area contributed by atoms with Crippen LogP contribution in [0.2, 0.25) is 0 Å². The summed E-state index contributed by atoms with van der Waals surface area (Å²) in [6.45, 7) is 0.551. The van der Waals surface area contributed by atoms with E-state index in [1.807, 2.05) is 24.3 Å². The molecule has 1 atom stereocenters. The Hall–Kier alpha value is -2.52. The molecule has 0 saturated heterocycles. The Morgan fingerprint density at radius 2 is 2.15 bits per heavy atom. The predicted octanol–water partition coefficient (Wildman–Crippen LogP) is -0.188. The average Bonchev–Trinajstić information content (AvgIpc) is 2.94. The minimum atomic E-state index is -4.30. The molecule has 0 radical (unpaired) electrons. The first kappa shape index (κ1) is 18.3. The fourth-order valence-corrected chi connectivity index (χ4v) is 2.83. The van der Waals surface area contributed by atoms with Gasteiger partial charge >= 0.3 is 0 Å². The average molecular weight is 378 g/mol. The van der Waals surface area contributed by atoms with E-state index >= 15 is 0 Å². The van der Waals surface area contributed by atoms with Crippen molar-refractivity contribution in [1.82, 2.24) is 19.5 Å². The highest BCUT2D eigenvalue weighted by Gasteiger charge is 2.10. The predicted molar refractivity (Wildman–Crippen MR) is 92.5 cm³/mol. The Labute approximate surface area is 147 Å². The number of ether oxygens (including phenoxy) is 1. The van der Waals surface area contributed by atoms with Crippen molar-refractivity contribution in [3.8, 4) is 0 Å². The first-order valence-electron chi connectivity index (χ1n) is 7.71. The minimum absolute atomic E-state index is 0.0194. The van der Waals surface area contributed by atoms with Crippen molar-refractivity contribution in [2.24, 2.45) is 0 Å². The fraction of sp³-hybridized carbons (Fsp3) is 0.267. The van der Waals surface area contributed by atoms with Crippen molar-refractivity contribution >= 4 is 24.7 Å². The van der Waals surface area contributed by atoms with Crippen LogP contribution < -0.4 is 16.2 Å². The molecule has 2 heterocycles. The highest BCUT2D eigenvalue weighted by molar-refractivity contribution is 7.50. The molecule has 26 heavy (non-hydrogen) atoms. The number of nitrogens with zero attached hydrogens (tertiary/aromatic N) is 3. The lowest BCUT2D eigenvalue weighted by molar-refractivity contribution is -0.193. The van der Waals surface area contributed by atoms with Gasteiger partial charge in [-0.05, 0) is 11.1 Å². The van der Waals surface area contributed by atoms with Gasteiger partial charge < -0.3 is 29.4 Å². The van der Waals surface area contributed by atoms with Crippen LogP contribution in [0.5, 0.6) is 0 Å². The second-order valence-electron chi connectivity index (χ2n) is 5.73. The number of imidazole rings is 1. The topological polar surface area (TPSA) is 159 Å². The zero-order valence-corrected chi connectivity index (χ0v) is 14.6. The third-order valence-corrected chi connectivity index (χ3v) is 4.37. The second-order valence-corrected chi connectivity index (χ2v) is 7.45. The quantitative estimate of drug-likeness (QED) is 0.377. The summed E-state index contributed by atoms with van der Waals surface area (Å²) in [6, 6.07) is 7.46. The number of rotatable bonds is 7. The molecule has 0 aliphatic rings. The van der Waals surface area contributed by atoms with E-state index in [1.165, 1.54) is 6.33 Å². The molecule has 10 nitrogen and oxygen atoms in total. The number of nitrogens with one attached hydrogen (secondary N) is 1. The number of hydrogen-bond acceptors (Lipinski definition) is 7. The first-order valence-corrected chi connectivity index (χ1v) is 9.47. The van der Waals surface area contributed by atoms with Gasteiger partial charge in [0.05, 0.1) is 26.1 Å². The summed E-state index contributed by atoms with van der Waals surface area (Å²) < 4.78 is 17.7. The van der Waals surface area contributed by atoms with Crippen LogP contribution in [0.25, 0.3) is 11.2 Å². The Morgan fingerprint density at radius 3 is 2.92 bits per heavy atom. The highest BCUT2D eigenvalue weighted by atomic mass is 31.2. The normalized spacial score (nSPS) is 13.8. The zero-order valence-electron chi connectivity index (χ0n) is 13.7. The van der Waals surface area contributed by atoms with Gasteiger partial charge in [0.15, 0.2) is 11.2 Å². The summed E-state index contributed by atoms with van der Waals surface area (Å²) in [6.07, 6.45) is 1.10. The van der Waals surface area contributed by atoms with E-state index in [2.05, 4.69) is 15.0 Å². The largest absolute Gasteiger partial charge is 0.779 e. The Kier molecular flexibility index (Phi) is 5.19. The van der Waals surface area contributed by atoms with Crippen molar-refractivity contribution < 1.29 is 19.1 Å². The number of fused-ring (bicyclic) bond motifs is 1. The number of nitrogens with two attached hydrogens (primary N) is 1. The maximum atomic E-state index is 11.8. The minimum Gasteiger partial charge on any atom is -0.779 e. The summed E-state index contributed by atoms with van der Waals surface area (Å²) in [5.74, 6) is 0.0194. The van der Waals surface area contributed by atoms with Crippen molar-refractivity contribution in [2.45, 2.75) is 13.2 Å². The molecule has 4 N–H and O–H groups in total. The van der Waals surface area contributed by atoms with E-state index in [4.69, 9.17) is 15.4 Å². The van der Waals surface area contributed by atoms with Gasteiger partial charge in [-0.3, -0.25) is 9.78 Å². The molecule has 11 heteroatoms. The number of aromatic nitrogens is 4. The first-order chi connectivity index (χ1) is 12.3. The van der Waals surface area contributed by atoms with E-state index in [1.54, 1.807) is 4.57 Å². The van der Waals surface area contributed by atoms with Crippen molar-refractivity contribution in [3.63, 3.8) is 0 Å². The van der Waals surface area contributed by atoms with Gasteiger partial charge in [0.1, 0.15) is 7.60 Å². The molecular weight excluding hydrogens is 361 g/mol. The number of anilines is 1. The lowest BCUT2D eigenvalue weighted by Crippen LogP contribution is -2.12. The summed E-state index contributed by atoms with van der Waals surface area (Å²) in [5, 5.41) is 0. The van der Waals surface area contributed by atoms with Gasteiger partial charge in [-0.25, -0.2) is 4.98 Å². The number of H-pyrrole nitrogens is 1. The van der Waals surface area contributed by atoms with Gasteiger partial charge in [0.2, 0.25) is 5.95 Å². The molecular formula is C15H17N5O5P-. The van der Waals surface area contributed by atoms with Crippen molar-refractivity contribution in [3.05, 3.63) is 52.1 Å². The molecule has 138 valence electrons.